The number of aromatic hydroxyl groups is 1. The van der Waals surface area contributed by atoms with Gasteiger partial charge in [0.05, 0.1) is 6.61 Å². The van der Waals surface area contributed by atoms with E-state index in [0.29, 0.717) is 30.9 Å². The lowest BCUT2D eigenvalue weighted by Gasteiger charge is -2.20. The minimum absolute atomic E-state index is 0.266. The number of para-hydroxylation sites is 1. The number of ether oxygens (including phenoxy) is 1. The Bertz CT molecular complexity index is 448. The van der Waals surface area contributed by atoms with Gasteiger partial charge < -0.3 is 20.1 Å². The second kappa shape index (κ2) is 7.66. The highest BCUT2D eigenvalue weighted by molar-refractivity contribution is 5.45. The molecule has 118 valence electrons. The van der Waals surface area contributed by atoms with Gasteiger partial charge in [0.25, 0.3) is 0 Å². The molecular weight excluding hydrogens is 264 g/mol. The van der Waals surface area contributed by atoms with Crippen molar-refractivity contribution in [1.29, 1.82) is 0 Å². The van der Waals surface area contributed by atoms with Gasteiger partial charge in [-0.2, -0.15) is 0 Å². The number of hydrogen-bond acceptors (Lipinski definition) is 4. The summed E-state index contributed by atoms with van der Waals surface area (Å²) in [6.07, 6.45) is 1.26. The maximum atomic E-state index is 10.2. The van der Waals surface area contributed by atoms with Crippen LogP contribution in [0.4, 0.5) is 0 Å². The van der Waals surface area contributed by atoms with Crippen molar-refractivity contribution in [2.24, 2.45) is 5.92 Å². The van der Waals surface area contributed by atoms with Crippen molar-refractivity contribution < 1.29 is 9.84 Å². The molecule has 2 N–H and O–H groups in total. The maximum absolute atomic E-state index is 10.2. The molecule has 1 unspecified atom stereocenters. The lowest BCUT2D eigenvalue weighted by atomic mass is 10.1. The molecule has 4 heteroatoms. The molecule has 0 spiro atoms. The molecule has 1 aliphatic heterocycles. The molecule has 0 aromatic heterocycles. The lowest BCUT2D eigenvalue weighted by molar-refractivity contribution is 0.264. The first-order valence-corrected chi connectivity index (χ1v) is 8.00. The van der Waals surface area contributed by atoms with Crippen molar-refractivity contribution in [1.82, 2.24) is 10.2 Å². The molecule has 0 amide bonds. The Morgan fingerprint density at radius 1 is 1.43 bits per heavy atom. The molecule has 1 heterocycles. The third-order valence-electron chi connectivity index (χ3n) is 4.18. The van der Waals surface area contributed by atoms with Crippen LogP contribution in [0, 0.1) is 5.92 Å². The zero-order chi connectivity index (χ0) is 15.2. The second-order valence-electron chi connectivity index (χ2n) is 6.07. The molecule has 1 aliphatic rings. The molecule has 0 radical (unpaired) electrons. The Morgan fingerprint density at radius 3 is 2.90 bits per heavy atom. The molecule has 1 saturated heterocycles. The van der Waals surface area contributed by atoms with Gasteiger partial charge in [-0.1, -0.05) is 12.1 Å². The first kappa shape index (κ1) is 16.1. The molecule has 0 saturated carbocycles. The summed E-state index contributed by atoms with van der Waals surface area (Å²) in [6.45, 7) is 11.1. The van der Waals surface area contributed by atoms with Gasteiger partial charge >= 0.3 is 0 Å². The summed E-state index contributed by atoms with van der Waals surface area (Å²) >= 11 is 0. The van der Waals surface area contributed by atoms with Crippen LogP contribution in [-0.4, -0.2) is 42.3 Å². The van der Waals surface area contributed by atoms with Crippen LogP contribution in [0.25, 0.3) is 0 Å². The monoisotopic (exact) mass is 292 g/mol. The van der Waals surface area contributed by atoms with Gasteiger partial charge in [0.15, 0.2) is 11.5 Å². The summed E-state index contributed by atoms with van der Waals surface area (Å²) in [5, 5.41) is 13.6. The van der Waals surface area contributed by atoms with Crippen LogP contribution in [0.2, 0.25) is 0 Å². The number of phenolic OH excluding ortho intramolecular Hbond substituents is 1. The summed E-state index contributed by atoms with van der Waals surface area (Å²) < 4.78 is 5.41. The first-order chi connectivity index (χ1) is 10.1. The molecule has 1 aromatic rings. The van der Waals surface area contributed by atoms with Crippen molar-refractivity contribution in [2.45, 2.75) is 39.8 Å². The SMILES string of the molecule is CCOc1cccc(CNCC2CCN(C(C)C)C2)c1O. The molecule has 1 atom stereocenters. The zero-order valence-corrected chi connectivity index (χ0v) is 13.4. The van der Waals surface area contributed by atoms with Crippen LogP contribution >= 0.6 is 0 Å². The number of benzene rings is 1. The van der Waals surface area contributed by atoms with Gasteiger partial charge in [0, 0.05) is 24.7 Å². The van der Waals surface area contributed by atoms with E-state index in [0.717, 1.165) is 12.1 Å². The third-order valence-corrected chi connectivity index (χ3v) is 4.18. The van der Waals surface area contributed by atoms with E-state index in [2.05, 4.69) is 24.1 Å². The number of rotatable bonds is 7. The van der Waals surface area contributed by atoms with Crippen LogP contribution in [0.5, 0.6) is 11.5 Å². The molecule has 0 bridgehead atoms. The van der Waals surface area contributed by atoms with Crippen LogP contribution < -0.4 is 10.1 Å². The van der Waals surface area contributed by atoms with E-state index in [1.807, 2.05) is 19.1 Å². The summed E-state index contributed by atoms with van der Waals surface area (Å²) in [6, 6.07) is 6.32. The van der Waals surface area contributed by atoms with Gasteiger partial charge in [0.1, 0.15) is 0 Å². The van der Waals surface area contributed by atoms with E-state index in [9.17, 15) is 5.11 Å². The minimum atomic E-state index is 0.266. The second-order valence-corrected chi connectivity index (χ2v) is 6.07. The predicted molar refractivity (Wildman–Crippen MR) is 85.8 cm³/mol. The number of nitrogens with one attached hydrogen (secondary N) is 1. The van der Waals surface area contributed by atoms with E-state index in [4.69, 9.17) is 4.74 Å². The average molecular weight is 292 g/mol. The fourth-order valence-corrected chi connectivity index (χ4v) is 2.89. The first-order valence-electron chi connectivity index (χ1n) is 8.00. The largest absolute Gasteiger partial charge is 0.504 e. The van der Waals surface area contributed by atoms with Crippen molar-refractivity contribution >= 4 is 0 Å². The van der Waals surface area contributed by atoms with E-state index in [1.165, 1.54) is 19.5 Å². The van der Waals surface area contributed by atoms with E-state index in [1.54, 1.807) is 6.07 Å². The topological polar surface area (TPSA) is 44.7 Å². The number of nitrogens with zero attached hydrogens (tertiary/aromatic N) is 1. The number of phenols is 1. The van der Waals surface area contributed by atoms with Crippen LogP contribution in [0.15, 0.2) is 18.2 Å². The summed E-state index contributed by atoms with van der Waals surface area (Å²) in [7, 11) is 0. The number of likely N-dealkylation sites (tertiary alicyclic amines) is 1. The predicted octanol–water partition coefficient (Wildman–Crippen LogP) is 2.61. The van der Waals surface area contributed by atoms with Crippen LogP contribution in [-0.2, 0) is 6.54 Å². The summed E-state index contributed by atoms with van der Waals surface area (Å²) in [4.78, 5) is 2.53. The number of hydrogen-bond donors (Lipinski definition) is 2. The van der Waals surface area contributed by atoms with Gasteiger partial charge in [0.2, 0.25) is 0 Å². The quantitative estimate of drug-likeness (QED) is 0.811. The van der Waals surface area contributed by atoms with E-state index >= 15 is 0 Å². The Balaban J connectivity index is 1.80. The minimum Gasteiger partial charge on any atom is -0.504 e. The Labute approximate surface area is 128 Å². The van der Waals surface area contributed by atoms with Crippen molar-refractivity contribution in [2.75, 3.05) is 26.2 Å². The molecule has 4 nitrogen and oxygen atoms in total. The standard InChI is InChI=1S/C17H28N2O2/c1-4-21-16-7-5-6-15(17(16)20)11-18-10-14-8-9-19(12-14)13(2)3/h5-7,13-14,18,20H,4,8-12H2,1-3H3. The molecule has 21 heavy (non-hydrogen) atoms. The highest BCUT2D eigenvalue weighted by atomic mass is 16.5. The fourth-order valence-electron chi connectivity index (χ4n) is 2.89. The fraction of sp³-hybridized carbons (Fsp3) is 0.647. The highest BCUT2D eigenvalue weighted by Crippen LogP contribution is 2.29. The molecule has 2 rings (SSSR count). The van der Waals surface area contributed by atoms with Crippen LogP contribution in [0.1, 0.15) is 32.8 Å². The van der Waals surface area contributed by atoms with Crippen LogP contribution in [0.3, 0.4) is 0 Å². The van der Waals surface area contributed by atoms with Gasteiger partial charge in [-0.15, -0.1) is 0 Å². The summed E-state index contributed by atoms with van der Waals surface area (Å²) in [5.74, 6) is 1.55. The van der Waals surface area contributed by atoms with Crippen molar-refractivity contribution in [3.8, 4) is 11.5 Å². The van der Waals surface area contributed by atoms with Gasteiger partial charge in [-0.05, 0) is 52.3 Å². The van der Waals surface area contributed by atoms with E-state index < -0.39 is 0 Å². The molecular formula is C17H28N2O2. The lowest BCUT2D eigenvalue weighted by Crippen LogP contribution is -2.30. The van der Waals surface area contributed by atoms with Gasteiger partial charge in [-0.3, -0.25) is 0 Å². The van der Waals surface area contributed by atoms with E-state index in [-0.39, 0.29) is 5.75 Å². The zero-order valence-electron chi connectivity index (χ0n) is 13.4. The third kappa shape index (κ3) is 4.35. The smallest absolute Gasteiger partial charge is 0.162 e. The van der Waals surface area contributed by atoms with Gasteiger partial charge in [-0.25, -0.2) is 0 Å². The van der Waals surface area contributed by atoms with Crippen molar-refractivity contribution in [3.63, 3.8) is 0 Å². The summed E-state index contributed by atoms with van der Waals surface area (Å²) in [5.41, 5.74) is 0.902. The maximum Gasteiger partial charge on any atom is 0.162 e. The van der Waals surface area contributed by atoms with Crippen molar-refractivity contribution in [3.05, 3.63) is 23.8 Å². The molecule has 0 aliphatic carbocycles. The Morgan fingerprint density at radius 2 is 2.24 bits per heavy atom. The molecule has 1 aromatic carbocycles. The highest BCUT2D eigenvalue weighted by Gasteiger charge is 2.23. The Kier molecular flexibility index (Phi) is 5.88. The average Bonchev–Trinajstić information content (AvgIpc) is 2.92. The Hall–Kier alpha value is -1.26. The molecule has 1 fully saturated rings. The normalized spacial score (nSPS) is 19.3.